The number of phenolic OH excluding ortho intramolecular Hbond substituents is 1. The summed E-state index contributed by atoms with van der Waals surface area (Å²) in [5.41, 5.74) is 10.4. The maximum absolute atomic E-state index is 13.1. The number of allylic oxidation sites excluding steroid dienone is 4. The fourth-order valence-electron chi connectivity index (χ4n) is 35.0. The van der Waals surface area contributed by atoms with E-state index in [9.17, 15) is 20.1 Å². The number of rotatable bonds is 17. The first-order valence-corrected chi connectivity index (χ1v) is 45.9. The van der Waals surface area contributed by atoms with Crippen LogP contribution in [-0.2, 0) is 9.53 Å². The summed E-state index contributed by atoms with van der Waals surface area (Å²) < 4.78 is 11.4. The summed E-state index contributed by atoms with van der Waals surface area (Å²) in [6, 6.07) is 5.09. The summed E-state index contributed by atoms with van der Waals surface area (Å²) in [7, 11) is 1.53. The van der Waals surface area contributed by atoms with E-state index in [0.717, 1.165) is 102 Å². The number of carbonyl (C=O) groups is 1. The SMILES string of the molecule is CC(C)=CCCC(C)C1CCC2(C)C3CCC4C(C)(C)C(O)CCC45CC35CCC12C.CC(C)C(C)CCC(C)C1CCC2(C)C3CCC4C(C)(C)C(O)CCC45CC35CCC12C.COc1cc(/C=C/C(=O)OC2CCC34CC35CCC3(C)C(C(C)CCC=C(C)C)CCC3(C)C5CCC4C2(C)C)ccc1O. The number of ether oxygens (including phenoxy) is 2. The predicted octanol–water partition coefficient (Wildman–Crippen LogP) is 26.8. The largest absolute Gasteiger partial charge is 0.504 e. The summed E-state index contributed by atoms with van der Waals surface area (Å²) in [4.78, 5) is 13.1. The summed E-state index contributed by atoms with van der Waals surface area (Å²) in [6.07, 6.45) is 53.1. The van der Waals surface area contributed by atoms with E-state index in [4.69, 9.17) is 9.47 Å². The van der Waals surface area contributed by atoms with Crippen molar-refractivity contribution in [3.8, 4) is 11.5 Å². The van der Waals surface area contributed by atoms with Gasteiger partial charge in [-0.25, -0.2) is 4.79 Å². The smallest absolute Gasteiger partial charge is 0.331 e. The van der Waals surface area contributed by atoms with Gasteiger partial charge in [-0.3, -0.25) is 0 Å². The fourth-order valence-corrected chi connectivity index (χ4v) is 35.0. The number of methoxy groups -OCH3 is 1. The van der Waals surface area contributed by atoms with E-state index < -0.39 is 0 Å². The Balaban J connectivity index is 0.000000137. The summed E-state index contributed by atoms with van der Waals surface area (Å²) in [5, 5.41) is 31.6. The van der Waals surface area contributed by atoms with E-state index in [1.807, 2.05) is 0 Å². The van der Waals surface area contributed by atoms with E-state index in [0.29, 0.717) is 76.6 Å². The highest BCUT2D eigenvalue weighted by Gasteiger charge is 2.86. The maximum atomic E-state index is 13.1. The van der Waals surface area contributed by atoms with Crippen molar-refractivity contribution in [2.75, 3.05) is 7.11 Å². The average Bonchev–Trinajstić information content (AvgIpc) is 1.48. The van der Waals surface area contributed by atoms with Crippen molar-refractivity contribution in [1.29, 1.82) is 0 Å². The van der Waals surface area contributed by atoms with E-state index in [1.54, 1.807) is 24.3 Å². The molecule has 16 rings (SSSR count). The molecule has 15 aliphatic rings. The molecular weight excluding hydrogens is 1310 g/mol. The van der Waals surface area contributed by atoms with Gasteiger partial charge in [-0.2, -0.15) is 0 Å². The lowest BCUT2D eigenvalue weighted by Crippen LogP contribution is -2.58. The third-order valence-electron chi connectivity index (χ3n) is 41.9. The molecule has 28 atom stereocenters. The second-order valence-electron chi connectivity index (χ2n) is 46.7. The van der Waals surface area contributed by atoms with Crippen LogP contribution in [0.5, 0.6) is 11.5 Å². The minimum atomic E-state index is -0.276. The van der Waals surface area contributed by atoms with Crippen molar-refractivity contribution in [2.45, 2.75) is 383 Å². The number of carbonyl (C=O) groups excluding carboxylic acids is 1. The Morgan fingerprint density at radius 1 is 0.439 bits per heavy atom. The second kappa shape index (κ2) is 27.6. The van der Waals surface area contributed by atoms with Gasteiger partial charge < -0.3 is 24.8 Å². The molecule has 6 spiro atoms. The first-order chi connectivity index (χ1) is 50.0. The molecule has 0 radical (unpaired) electrons. The molecule has 6 nitrogen and oxygen atoms in total. The summed E-state index contributed by atoms with van der Waals surface area (Å²) >= 11 is 0. The fraction of sp³-hybridized carbons (Fsp3) is 0.871. The van der Waals surface area contributed by atoms with Crippen LogP contribution in [0.15, 0.2) is 47.6 Å². The second-order valence-corrected chi connectivity index (χ2v) is 46.7. The van der Waals surface area contributed by atoms with Crippen molar-refractivity contribution in [3.05, 3.63) is 53.1 Å². The lowest BCUT2D eigenvalue weighted by Gasteiger charge is -2.63. The highest BCUT2D eigenvalue weighted by atomic mass is 16.5. The molecule has 0 aliphatic heterocycles. The number of esters is 1. The lowest BCUT2D eigenvalue weighted by molar-refractivity contribution is -0.179. The minimum Gasteiger partial charge on any atom is -0.504 e. The highest BCUT2D eigenvalue weighted by molar-refractivity contribution is 5.87. The van der Waals surface area contributed by atoms with Crippen LogP contribution in [0.2, 0.25) is 0 Å². The number of hydrogen-bond donors (Lipinski definition) is 3. The molecule has 28 unspecified atom stereocenters. The van der Waals surface area contributed by atoms with Crippen LogP contribution in [0.3, 0.4) is 0 Å². The molecule has 1 aromatic carbocycles. The molecule has 107 heavy (non-hydrogen) atoms. The van der Waals surface area contributed by atoms with Crippen LogP contribution in [-0.4, -0.2) is 46.7 Å². The predicted molar refractivity (Wildman–Crippen MR) is 444 cm³/mol. The molecular formula is C101H162O6. The van der Waals surface area contributed by atoms with Crippen LogP contribution >= 0.6 is 0 Å². The minimum absolute atomic E-state index is 0.0305. The maximum Gasteiger partial charge on any atom is 0.331 e. The highest BCUT2D eigenvalue weighted by Crippen LogP contribution is 2.93. The van der Waals surface area contributed by atoms with E-state index in [-0.39, 0.29) is 46.3 Å². The zero-order valence-corrected chi connectivity index (χ0v) is 73.3. The van der Waals surface area contributed by atoms with Gasteiger partial charge in [0.15, 0.2) is 11.5 Å². The monoisotopic (exact) mass is 1470 g/mol. The van der Waals surface area contributed by atoms with Crippen molar-refractivity contribution in [2.24, 2.45) is 164 Å². The standard InChI is InChI=1S/C40H58O4.C31H54O.C30H50O/c1-26(2)10-9-11-27(3)29-18-20-38(7)33-16-15-32-36(4,5)34(19-21-39(32)25-40(33,39)23-22-37(29,38)6)44-35(42)17-13-28-12-14-30(41)31(24-28)43-8;1-20(2)21(3)9-10-22(4)23-13-15-29(8)25-12-11-24-27(5,6)26(32)14-16-30(24)19-31(25,30)18-17-28(23,29)7;1-20(2)9-8-10-21(3)22-13-15-28(7)24-12-11-23-26(4,5)25(31)14-16-29(23)19-30(24,29)18-17-27(22,28)6/h10,12-14,17,24,27,29,32-34,41H,9,11,15-16,18-23,25H2,1-8H3;20-26,32H,9-19H2,1-8H3;9,21-25,31H,8,10-19H2,1-7H3/b17-13+;;. The van der Waals surface area contributed by atoms with Crippen molar-refractivity contribution in [1.82, 2.24) is 0 Å². The van der Waals surface area contributed by atoms with E-state index in [1.165, 1.54) is 217 Å². The quantitative estimate of drug-likeness (QED) is 0.0817. The molecule has 0 amide bonds. The van der Waals surface area contributed by atoms with Crippen LogP contribution in [0.1, 0.15) is 370 Å². The summed E-state index contributed by atoms with van der Waals surface area (Å²) in [5.74, 6) is 12.0. The molecule has 0 heterocycles. The molecule has 0 bridgehead atoms. The molecule has 0 aromatic heterocycles. The van der Waals surface area contributed by atoms with Gasteiger partial charge >= 0.3 is 5.97 Å². The Bertz CT molecular complexity index is 3540. The Hall–Kier alpha value is -2.57. The third kappa shape index (κ3) is 11.8. The molecule has 15 fully saturated rings. The van der Waals surface area contributed by atoms with Gasteiger partial charge in [-0.1, -0.05) is 167 Å². The zero-order valence-electron chi connectivity index (χ0n) is 73.3. The molecule has 1 aromatic rings. The van der Waals surface area contributed by atoms with Crippen LogP contribution < -0.4 is 4.74 Å². The van der Waals surface area contributed by atoms with E-state index in [2.05, 4.69) is 164 Å². The van der Waals surface area contributed by atoms with E-state index >= 15 is 0 Å². The van der Waals surface area contributed by atoms with Gasteiger partial charge in [-0.05, 0) is 409 Å². The van der Waals surface area contributed by atoms with Crippen LogP contribution in [0, 0.1) is 164 Å². The van der Waals surface area contributed by atoms with Gasteiger partial charge in [0.1, 0.15) is 6.10 Å². The number of benzene rings is 1. The van der Waals surface area contributed by atoms with Gasteiger partial charge in [-0.15, -0.1) is 0 Å². The summed E-state index contributed by atoms with van der Waals surface area (Å²) in [6.45, 7) is 54.7. The Morgan fingerprint density at radius 2 is 0.804 bits per heavy atom. The van der Waals surface area contributed by atoms with Gasteiger partial charge in [0, 0.05) is 11.5 Å². The number of aliphatic hydroxyl groups is 2. The molecule has 0 saturated heterocycles. The van der Waals surface area contributed by atoms with Crippen molar-refractivity contribution >= 4 is 12.0 Å². The van der Waals surface area contributed by atoms with Crippen molar-refractivity contribution in [3.63, 3.8) is 0 Å². The molecule has 3 N–H and O–H groups in total. The van der Waals surface area contributed by atoms with Gasteiger partial charge in [0.2, 0.25) is 0 Å². The lowest BCUT2D eigenvalue weighted by atomic mass is 9.41. The van der Waals surface area contributed by atoms with Gasteiger partial charge in [0.25, 0.3) is 0 Å². The van der Waals surface area contributed by atoms with Crippen LogP contribution in [0.4, 0.5) is 0 Å². The zero-order chi connectivity index (χ0) is 77.5. The van der Waals surface area contributed by atoms with Crippen LogP contribution in [0.25, 0.3) is 6.08 Å². The Morgan fingerprint density at radius 3 is 1.19 bits per heavy atom. The number of phenols is 1. The molecule has 15 aliphatic carbocycles. The number of hydrogen-bond acceptors (Lipinski definition) is 6. The van der Waals surface area contributed by atoms with Gasteiger partial charge in [0.05, 0.1) is 19.3 Å². The first-order valence-electron chi connectivity index (χ1n) is 45.9. The third-order valence-corrected chi connectivity index (χ3v) is 41.9. The molecule has 15 saturated carbocycles. The Labute approximate surface area is 656 Å². The first kappa shape index (κ1) is 81.0. The van der Waals surface area contributed by atoms with Crippen molar-refractivity contribution < 1.29 is 29.6 Å². The number of aromatic hydroxyl groups is 1. The topological polar surface area (TPSA) is 96.2 Å². The number of fused-ring (bicyclic) bond motifs is 6. The Kier molecular flexibility index (Phi) is 20.9. The number of aliphatic hydroxyl groups excluding tert-OH is 2. The molecule has 602 valence electrons. The average molecular weight is 1470 g/mol. The normalized spacial score (nSPS) is 47.9. The molecule has 6 heteroatoms.